The van der Waals surface area contributed by atoms with Crippen LogP contribution in [0.1, 0.15) is 19.3 Å². The molecule has 2 rings (SSSR count). The Morgan fingerprint density at radius 3 is 3.00 bits per heavy atom. The SMILES string of the molecule is C1=NCCCC1C1CC=NN=N1. The number of nitrogens with zero attached hydrogens (tertiary/aromatic N) is 4. The summed E-state index contributed by atoms with van der Waals surface area (Å²) in [6.45, 7) is 0.981. The van der Waals surface area contributed by atoms with Gasteiger partial charge in [-0.15, -0.1) is 5.10 Å². The lowest BCUT2D eigenvalue weighted by molar-refractivity contribution is 0.466. The number of hydrogen-bond donors (Lipinski definition) is 0. The molecule has 0 N–H and O–H groups in total. The lowest BCUT2D eigenvalue weighted by Crippen LogP contribution is -2.24. The first-order valence-corrected chi connectivity index (χ1v) is 4.38. The molecule has 0 aromatic carbocycles. The van der Waals surface area contributed by atoms with Crippen molar-refractivity contribution < 1.29 is 0 Å². The molecule has 12 heavy (non-hydrogen) atoms. The minimum absolute atomic E-state index is 0.298. The van der Waals surface area contributed by atoms with E-state index in [9.17, 15) is 0 Å². The van der Waals surface area contributed by atoms with Gasteiger partial charge in [0.15, 0.2) is 0 Å². The predicted molar refractivity (Wildman–Crippen MR) is 47.8 cm³/mol. The van der Waals surface area contributed by atoms with E-state index in [1.807, 2.05) is 12.4 Å². The molecule has 2 atom stereocenters. The van der Waals surface area contributed by atoms with Gasteiger partial charge in [0, 0.05) is 31.3 Å². The first-order chi connectivity index (χ1) is 5.97. The second-order valence-electron chi connectivity index (χ2n) is 3.17. The highest BCUT2D eigenvalue weighted by atomic mass is 15.4. The van der Waals surface area contributed by atoms with Gasteiger partial charge in [-0.2, -0.15) is 5.11 Å². The van der Waals surface area contributed by atoms with Crippen molar-refractivity contribution in [3.8, 4) is 0 Å². The normalized spacial score (nSPS) is 34.0. The second-order valence-corrected chi connectivity index (χ2v) is 3.17. The fraction of sp³-hybridized carbons (Fsp3) is 0.750. The molecule has 2 aliphatic rings. The Hall–Kier alpha value is -1.06. The summed E-state index contributed by atoms with van der Waals surface area (Å²) in [4.78, 5) is 4.26. The molecule has 4 heteroatoms. The maximum Gasteiger partial charge on any atom is 0.0857 e. The molecular formula is C8H12N4. The van der Waals surface area contributed by atoms with Crippen molar-refractivity contribution in [1.29, 1.82) is 0 Å². The second kappa shape index (κ2) is 3.56. The summed E-state index contributed by atoms with van der Waals surface area (Å²) in [5.74, 6) is 0.495. The summed E-state index contributed by atoms with van der Waals surface area (Å²) < 4.78 is 0. The highest BCUT2D eigenvalue weighted by molar-refractivity contribution is 5.65. The zero-order valence-electron chi connectivity index (χ0n) is 6.93. The van der Waals surface area contributed by atoms with Gasteiger partial charge in [0.2, 0.25) is 0 Å². The Labute approximate surface area is 71.5 Å². The molecule has 2 aliphatic heterocycles. The van der Waals surface area contributed by atoms with Crippen LogP contribution in [0.5, 0.6) is 0 Å². The zero-order chi connectivity index (χ0) is 8.23. The quantitative estimate of drug-likeness (QED) is 0.566. The minimum Gasteiger partial charge on any atom is -0.297 e. The first-order valence-electron chi connectivity index (χ1n) is 4.38. The fourth-order valence-electron chi connectivity index (χ4n) is 1.59. The van der Waals surface area contributed by atoms with Crippen molar-refractivity contribution in [2.45, 2.75) is 25.3 Å². The first kappa shape index (κ1) is 7.58. The number of hydrogen-bond acceptors (Lipinski definition) is 4. The zero-order valence-corrected chi connectivity index (χ0v) is 6.93. The fourth-order valence-corrected chi connectivity index (χ4v) is 1.59. The summed E-state index contributed by atoms with van der Waals surface area (Å²) in [5.41, 5.74) is 0. The molecule has 4 nitrogen and oxygen atoms in total. The molecule has 0 aliphatic carbocycles. The highest BCUT2D eigenvalue weighted by Crippen LogP contribution is 2.20. The van der Waals surface area contributed by atoms with Crippen molar-refractivity contribution in [2.24, 2.45) is 26.3 Å². The minimum atomic E-state index is 0.298. The molecule has 0 saturated carbocycles. The summed E-state index contributed by atoms with van der Waals surface area (Å²) in [5, 5.41) is 11.5. The Morgan fingerprint density at radius 1 is 1.33 bits per heavy atom. The van der Waals surface area contributed by atoms with E-state index in [0.717, 1.165) is 13.0 Å². The van der Waals surface area contributed by atoms with Crippen molar-refractivity contribution in [3.05, 3.63) is 0 Å². The molecule has 0 radical (unpaired) electrons. The summed E-state index contributed by atoms with van der Waals surface area (Å²) in [6, 6.07) is 0.298. The molecule has 0 amide bonds. The van der Waals surface area contributed by atoms with Gasteiger partial charge in [-0.25, -0.2) is 0 Å². The van der Waals surface area contributed by atoms with E-state index in [2.05, 4.69) is 20.4 Å². The molecular weight excluding hydrogens is 152 g/mol. The largest absolute Gasteiger partial charge is 0.297 e. The van der Waals surface area contributed by atoms with Crippen LogP contribution < -0.4 is 0 Å². The molecule has 0 aromatic rings. The summed E-state index contributed by atoms with van der Waals surface area (Å²) in [7, 11) is 0. The van der Waals surface area contributed by atoms with Crippen LogP contribution in [0.15, 0.2) is 20.4 Å². The van der Waals surface area contributed by atoms with Gasteiger partial charge in [0.1, 0.15) is 0 Å². The van der Waals surface area contributed by atoms with Crippen LogP contribution >= 0.6 is 0 Å². The molecule has 2 unspecified atom stereocenters. The van der Waals surface area contributed by atoms with E-state index in [1.165, 1.54) is 12.8 Å². The molecule has 2 heterocycles. The van der Waals surface area contributed by atoms with Gasteiger partial charge >= 0.3 is 0 Å². The third kappa shape index (κ3) is 1.57. The smallest absolute Gasteiger partial charge is 0.0857 e. The molecule has 0 saturated heterocycles. The van der Waals surface area contributed by atoms with Crippen molar-refractivity contribution in [3.63, 3.8) is 0 Å². The van der Waals surface area contributed by atoms with Gasteiger partial charge in [-0.1, -0.05) is 0 Å². The van der Waals surface area contributed by atoms with E-state index < -0.39 is 0 Å². The Morgan fingerprint density at radius 2 is 2.33 bits per heavy atom. The maximum absolute atomic E-state index is 4.26. The van der Waals surface area contributed by atoms with E-state index in [-0.39, 0.29) is 0 Å². The molecule has 0 aromatic heterocycles. The lowest BCUT2D eigenvalue weighted by Gasteiger charge is -2.21. The van der Waals surface area contributed by atoms with Crippen LogP contribution in [0, 0.1) is 5.92 Å². The van der Waals surface area contributed by atoms with Crippen LogP contribution in [0.25, 0.3) is 0 Å². The third-order valence-corrected chi connectivity index (χ3v) is 2.30. The van der Waals surface area contributed by atoms with E-state index in [4.69, 9.17) is 0 Å². The highest BCUT2D eigenvalue weighted by Gasteiger charge is 2.21. The monoisotopic (exact) mass is 164 g/mol. The maximum atomic E-state index is 4.26. The van der Waals surface area contributed by atoms with Crippen LogP contribution in [0.3, 0.4) is 0 Å². The van der Waals surface area contributed by atoms with Crippen LogP contribution in [0.4, 0.5) is 0 Å². The molecule has 0 bridgehead atoms. The molecule has 0 fully saturated rings. The van der Waals surface area contributed by atoms with Crippen molar-refractivity contribution >= 4 is 12.4 Å². The average molecular weight is 164 g/mol. The van der Waals surface area contributed by atoms with Gasteiger partial charge in [-0.3, -0.25) is 4.99 Å². The van der Waals surface area contributed by atoms with Crippen LogP contribution in [0.2, 0.25) is 0 Å². The topological polar surface area (TPSA) is 49.4 Å². The van der Waals surface area contributed by atoms with Gasteiger partial charge in [-0.05, 0) is 18.1 Å². The molecule has 0 spiro atoms. The van der Waals surface area contributed by atoms with E-state index >= 15 is 0 Å². The van der Waals surface area contributed by atoms with Gasteiger partial charge in [0.25, 0.3) is 0 Å². The average Bonchev–Trinajstić information content (AvgIpc) is 2.21. The van der Waals surface area contributed by atoms with Crippen molar-refractivity contribution in [2.75, 3.05) is 6.54 Å². The summed E-state index contributed by atoms with van der Waals surface area (Å²) >= 11 is 0. The third-order valence-electron chi connectivity index (χ3n) is 2.30. The van der Waals surface area contributed by atoms with E-state index in [1.54, 1.807) is 0 Å². The molecule has 64 valence electrons. The van der Waals surface area contributed by atoms with Crippen LogP contribution in [-0.4, -0.2) is 25.0 Å². The summed E-state index contributed by atoms with van der Waals surface area (Å²) in [6.07, 6.45) is 7.16. The Bertz CT molecular complexity index is 231. The van der Waals surface area contributed by atoms with Crippen molar-refractivity contribution in [1.82, 2.24) is 0 Å². The van der Waals surface area contributed by atoms with E-state index in [0.29, 0.717) is 12.0 Å². The van der Waals surface area contributed by atoms with Gasteiger partial charge in [0.05, 0.1) is 6.04 Å². The standard InChI is InChI=1S/C8H12N4/c1-2-7(6-9-4-1)8-3-5-10-12-11-8/h5-8H,1-4H2. The number of aliphatic imine (C=N–C) groups is 1. The van der Waals surface area contributed by atoms with Gasteiger partial charge < -0.3 is 0 Å². The van der Waals surface area contributed by atoms with Crippen LogP contribution in [-0.2, 0) is 0 Å². The Kier molecular flexibility index (Phi) is 2.25. The number of rotatable bonds is 1. The predicted octanol–water partition coefficient (Wildman–Crippen LogP) is 1.68. The lowest BCUT2D eigenvalue weighted by atomic mass is 9.92. The Balaban J connectivity index is 1.99.